The molecule has 0 aromatic carbocycles. The van der Waals surface area contributed by atoms with E-state index in [0.717, 1.165) is 42.6 Å². The Morgan fingerprint density at radius 3 is 2.74 bits per heavy atom. The predicted octanol–water partition coefficient (Wildman–Crippen LogP) is 3.10. The van der Waals surface area contributed by atoms with Gasteiger partial charge in [-0.15, -0.1) is 11.3 Å². The van der Waals surface area contributed by atoms with Gasteiger partial charge < -0.3 is 10.2 Å². The van der Waals surface area contributed by atoms with E-state index in [2.05, 4.69) is 29.1 Å². The first-order chi connectivity index (χ1) is 13.0. The van der Waals surface area contributed by atoms with Gasteiger partial charge in [0.15, 0.2) is 0 Å². The van der Waals surface area contributed by atoms with Crippen molar-refractivity contribution in [2.45, 2.75) is 53.1 Å². The lowest BCUT2D eigenvalue weighted by molar-refractivity contribution is -0.136. The molecule has 6 nitrogen and oxygen atoms in total. The Kier molecular flexibility index (Phi) is 6.21. The molecule has 2 aromatic heterocycles. The zero-order valence-electron chi connectivity index (χ0n) is 16.1. The quantitative estimate of drug-likeness (QED) is 0.828. The highest BCUT2D eigenvalue weighted by Crippen LogP contribution is 2.26. The van der Waals surface area contributed by atoms with Gasteiger partial charge in [-0.3, -0.25) is 19.6 Å². The van der Waals surface area contributed by atoms with Crippen LogP contribution in [-0.4, -0.2) is 33.2 Å². The summed E-state index contributed by atoms with van der Waals surface area (Å²) in [5, 5.41) is 2.97. The molecule has 0 radical (unpaired) electrons. The van der Waals surface area contributed by atoms with E-state index in [0.29, 0.717) is 18.0 Å². The molecular formula is C20H26N4O2S. The molecule has 0 atom stereocenters. The standard InChI is InChI=1S/C20H26N4O2S/c1-4-14(5-2)20(26)24-7-6-16-15(11-24)8-22-13(3)17(16)9-23-19(25)18-10-21-12-27-18/h8,10,12,14H,4-7,9,11H2,1-3H3,(H,23,25). The molecule has 0 unspecified atom stereocenters. The van der Waals surface area contributed by atoms with Crippen LogP contribution in [0.15, 0.2) is 17.9 Å². The molecule has 27 heavy (non-hydrogen) atoms. The molecule has 1 N–H and O–H groups in total. The second-order valence-corrected chi connectivity index (χ2v) is 7.78. The van der Waals surface area contributed by atoms with E-state index in [-0.39, 0.29) is 17.7 Å². The summed E-state index contributed by atoms with van der Waals surface area (Å²) in [7, 11) is 0. The van der Waals surface area contributed by atoms with Crippen molar-refractivity contribution in [1.82, 2.24) is 20.2 Å². The zero-order valence-corrected chi connectivity index (χ0v) is 16.9. The van der Waals surface area contributed by atoms with E-state index in [1.807, 2.05) is 18.0 Å². The van der Waals surface area contributed by atoms with Gasteiger partial charge in [0.2, 0.25) is 5.91 Å². The number of aromatic nitrogens is 2. The largest absolute Gasteiger partial charge is 0.347 e. The van der Waals surface area contributed by atoms with E-state index < -0.39 is 0 Å². The van der Waals surface area contributed by atoms with Crippen molar-refractivity contribution in [1.29, 1.82) is 0 Å². The van der Waals surface area contributed by atoms with E-state index in [4.69, 9.17) is 0 Å². The summed E-state index contributed by atoms with van der Waals surface area (Å²) in [4.78, 5) is 36.0. The van der Waals surface area contributed by atoms with Gasteiger partial charge in [-0.25, -0.2) is 0 Å². The molecule has 0 bridgehead atoms. The van der Waals surface area contributed by atoms with Crippen LogP contribution < -0.4 is 5.32 Å². The van der Waals surface area contributed by atoms with E-state index >= 15 is 0 Å². The summed E-state index contributed by atoms with van der Waals surface area (Å²) >= 11 is 1.33. The molecule has 1 aliphatic heterocycles. The van der Waals surface area contributed by atoms with Crippen molar-refractivity contribution in [3.8, 4) is 0 Å². The molecular weight excluding hydrogens is 360 g/mol. The minimum Gasteiger partial charge on any atom is -0.347 e. The van der Waals surface area contributed by atoms with Crippen LogP contribution in [0.3, 0.4) is 0 Å². The highest BCUT2D eigenvalue weighted by molar-refractivity contribution is 7.11. The van der Waals surface area contributed by atoms with Crippen LogP contribution >= 0.6 is 11.3 Å². The Balaban J connectivity index is 1.74. The summed E-state index contributed by atoms with van der Waals surface area (Å²) in [6, 6.07) is 0. The van der Waals surface area contributed by atoms with Gasteiger partial charge in [-0.05, 0) is 42.9 Å². The maximum atomic E-state index is 12.7. The van der Waals surface area contributed by atoms with Crippen LogP contribution in [0.2, 0.25) is 0 Å². The fraction of sp³-hybridized carbons (Fsp3) is 0.500. The van der Waals surface area contributed by atoms with Crippen LogP contribution in [0.5, 0.6) is 0 Å². The zero-order chi connectivity index (χ0) is 19.4. The van der Waals surface area contributed by atoms with E-state index in [1.54, 1.807) is 11.7 Å². The van der Waals surface area contributed by atoms with Gasteiger partial charge in [-0.1, -0.05) is 13.8 Å². The van der Waals surface area contributed by atoms with Crippen molar-refractivity contribution in [2.75, 3.05) is 6.54 Å². The van der Waals surface area contributed by atoms with Crippen molar-refractivity contribution >= 4 is 23.2 Å². The molecule has 7 heteroatoms. The fourth-order valence-electron chi connectivity index (χ4n) is 3.62. The number of nitrogens with zero attached hydrogens (tertiary/aromatic N) is 3. The predicted molar refractivity (Wildman–Crippen MR) is 105 cm³/mol. The number of fused-ring (bicyclic) bond motifs is 1. The van der Waals surface area contributed by atoms with Gasteiger partial charge in [-0.2, -0.15) is 0 Å². The van der Waals surface area contributed by atoms with Gasteiger partial charge in [0, 0.05) is 37.4 Å². The number of pyridine rings is 1. The second kappa shape index (κ2) is 8.61. The lowest BCUT2D eigenvalue weighted by Crippen LogP contribution is -2.40. The maximum Gasteiger partial charge on any atom is 0.263 e. The number of aryl methyl sites for hydroxylation is 1. The summed E-state index contributed by atoms with van der Waals surface area (Å²) < 4.78 is 0. The van der Waals surface area contributed by atoms with E-state index in [1.165, 1.54) is 16.9 Å². The topological polar surface area (TPSA) is 75.2 Å². The molecule has 144 valence electrons. The minimum absolute atomic E-state index is 0.100. The third-order valence-electron chi connectivity index (χ3n) is 5.32. The number of rotatable bonds is 6. The highest BCUT2D eigenvalue weighted by Gasteiger charge is 2.27. The number of carbonyl (C=O) groups is 2. The first-order valence-corrected chi connectivity index (χ1v) is 10.3. The number of hydrogen-bond acceptors (Lipinski definition) is 5. The number of amides is 2. The third kappa shape index (κ3) is 4.18. The SMILES string of the molecule is CCC(CC)C(=O)N1CCc2c(cnc(C)c2CNC(=O)c2cncs2)C1. The van der Waals surface area contributed by atoms with E-state index in [9.17, 15) is 9.59 Å². The minimum atomic E-state index is -0.115. The third-order valence-corrected chi connectivity index (χ3v) is 6.10. The maximum absolute atomic E-state index is 12.7. The molecule has 0 saturated carbocycles. The van der Waals surface area contributed by atoms with Gasteiger partial charge >= 0.3 is 0 Å². The van der Waals surface area contributed by atoms with Crippen molar-refractivity contribution in [3.63, 3.8) is 0 Å². The fourth-order valence-corrected chi connectivity index (χ4v) is 4.16. The van der Waals surface area contributed by atoms with Crippen molar-refractivity contribution < 1.29 is 9.59 Å². The Hall–Kier alpha value is -2.28. The molecule has 1 aliphatic rings. The highest BCUT2D eigenvalue weighted by atomic mass is 32.1. The number of hydrogen-bond donors (Lipinski definition) is 1. The average molecular weight is 387 g/mol. The summed E-state index contributed by atoms with van der Waals surface area (Å²) in [6.45, 7) is 7.88. The molecule has 2 aromatic rings. The van der Waals surface area contributed by atoms with Gasteiger partial charge in [0.1, 0.15) is 4.88 Å². The number of nitrogens with one attached hydrogen (secondary N) is 1. The Labute approximate surface area is 164 Å². The van der Waals surface area contributed by atoms with Crippen LogP contribution in [0.1, 0.15) is 58.7 Å². The molecule has 3 rings (SSSR count). The first kappa shape index (κ1) is 19.5. The van der Waals surface area contributed by atoms with Gasteiger partial charge in [0.25, 0.3) is 5.91 Å². The molecule has 0 saturated heterocycles. The smallest absolute Gasteiger partial charge is 0.263 e. The Morgan fingerprint density at radius 2 is 2.07 bits per heavy atom. The Morgan fingerprint density at radius 1 is 1.30 bits per heavy atom. The normalized spacial score (nSPS) is 13.6. The Bertz CT molecular complexity index is 816. The van der Waals surface area contributed by atoms with Crippen molar-refractivity contribution in [2.24, 2.45) is 5.92 Å². The lowest BCUT2D eigenvalue weighted by atomic mass is 9.93. The first-order valence-electron chi connectivity index (χ1n) is 9.46. The molecule has 2 amide bonds. The molecule has 0 aliphatic carbocycles. The van der Waals surface area contributed by atoms with Gasteiger partial charge in [0.05, 0.1) is 11.7 Å². The lowest BCUT2D eigenvalue weighted by Gasteiger charge is -2.32. The summed E-state index contributed by atoms with van der Waals surface area (Å²) in [6.07, 6.45) is 6.01. The average Bonchev–Trinajstić information content (AvgIpc) is 3.22. The van der Waals surface area contributed by atoms with Crippen molar-refractivity contribution in [3.05, 3.63) is 45.2 Å². The monoisotopic (exact) mass is 386 g/mol. The summed E-state index contributed by atoms with van der Waals surface area (Å²) in [5.74, 6) is 0.227. The summed E-state index contributed by atoms with van der Waals surface area (Å²) in [5.41, 5.74) is 5.96. The molecule has 0 fully saturated rings. The molecule has 3 heterocycles. The van der Waals surface area contributed by atoms with Crippen LogP contribution in [-0.2, 0) is 24.3 Å². The number of thiazole rings is 1. The molecule has 0 spiro atoms. The van der Waals surface area contributed by atoms with Crippen LogP contribution in [0.4, 0.5) is 0 Å². The number of carbonyl (C=O) groups excluding carboxylic acids is 2. The van der Waals surface area contributed by atoms with Crippen LogP contribution in [0, 0.1) is 12.8 Å². The van der Waals surface area contributed by atoms with Crippen LogP contribution in [0.25, 0.3) is 0 Å². The second-order valence-electron chi connectivity index (χ2n) is 6.90.